The number of piperidine rings is 1. The van der Waals surface area contributed by atoms with E-state index in [1.807, 2.05) is 12.1 Å². The Morgan fingerprint density at radius 3 is 2.45 bits per heavy atom. The molecular formula is C25H33N3O3. The summed E-state index contributed by atoms with van der Waals surface area (Å²) in [6.07, 6.45) is 9.03. The van der Waals surface area contributed by atoms with Crippen molar-refractivity contribution in [3.63, 3.8) is 0 Å². The van der Waals surface area contributed by atoms with Crippen LogP contribution < -0.4 is 5.32 Å². The van der Waals surface area contributed by atoms with Crippen molar-refractivity contribution in [2.75, 3.05) is 26.2 Å². The van der Waals surface area contributed by atoms with E-state index in [0.717, 1.165) is 31.8 Å². The van der Waals surface area contributed by atoms with Crippen molar-refractivity contribution >= 4 is 11.8 Å². The topological polar surface area (TPSA) is 65.8 Å². The van der Waals surface area contributed by atoms with E-state index in [4.69, 9.17) is 4.42 Å². The highest BCUT2D eigenvalue weighted by Crippen LogP contribution is 2.33. The van der Waals surface area contributed by atoms with Crippen LogP contribution in [0.25, 0.3) is 0 Å². The normalized spacial score (nSPS) is 19.0. The summed E-state index contributed by atoms with van der Waals surface area (Å²) >= 11 is 0. The Balaban J connectivity index is 1.22. The lowest BCUT2D eigenvalue weighted by molar-refractivity contribution is -0.158. The molecule has 1 aromatic heterocycles. The Morgan fingerprint density at radius 1 is 0.935 bits per heavy atom. The highest BCUT2D eigenvalue weighted by Gasteiger charge is 2.50. The van der Waals surface area contributed by atoms with Gasteiger partial charge in [0.25, 0.3) is 0 Å². The molecule has 31 heavy (non-hydrogen) atoms. The number of benzene rings is 1. The first-order valence-electron chi connectivity index (χ1n) is 11.5. The molecule has 0 atom stereocenters. The second-order valence-electron chi connectivity index (χ2n) is 8.76. The molecule has 0 aliphatic carbocycles. The van der Waals surface area contributed by atoms with Crippen molar-refractivity contribution in [1.29, 1.82) is 0 Å². The summed E-state index contributed by atoms with van der Waals surface area (Å²) in [6.45, 7) is 3.20. The van der Waals surface area contributed by atoms with Gasteiger partial charge in [0.05, 0.1) is 19.4 Å². The minimum atomic E-state index is -0.742. The number of hydrogen-bond acceptors (Lipinski definition) is 4. The second kappa shape index (κ2) is 10.1. The zero-order chi connectivity index (χ0) is 21.5. The molecule has 2 aliphatic rings. The Morgan fingerprint density at radius 2 is 1.71 bits per heavy atom. The molecule has 6 heteroatoms. The van der Waals surface area contributed by atoms with Crippen LogP contribution in [0.4, 0.5) is 0 Å². The number of carbonyl (C=O) groups is 2. The van der Waals surface area contributed by atoms with Crippen LogP contribution >= 0.6 is 0 Å². The van der Waals surface area contributed by atoms with E-state index in [1.54, 1.807) is 11.2 Å². The minimum Gasteiger partial charge on any atom is -0.467 e. The van der Waals surface area contributed by atoms with Crippen molar-refractivity contribution in [3.8, 4) is 0 Å². The molecule has 2 fully saturated rings. The molecule has 1 N–H and O–H groups in total. The van der Waals surface area contributed by atoms with Crippen LogP contribution in [0.1, 0.15) is 49.8 Å². The molecule has 3 heterocycles. The first-order chi connectivity index (χ1) is 15.2. The van der Waals surface area contributed by atoms with Crippen molar-refractivity contribution in [2.45, 2.75) is 57.0 Å². The Labute approximate surface area is 184 Å². The van der Waals surface area contributed by atoms with Gasteiger partial charge in [0.15, 0.2) is 0 Å². The number of rotatable bonds is 9. The fourth-order valence-corrected chi connectivity index (χ4v) is 4.88. The highest BCUT2D eigenvalue weighted by molar-refractivity contribution is 5.98. The molecule has 2 aromatic rings. The van der Waals surface area contributed by atoms with E-state index in [1.165, 1.54) is 31.2 Å². The van der Waals surface area contributed by atoms with Gasteiger partial charge >= 0.3 is 0 Å². The van der Waals surface area contributed by atoms with Crippen LogP contribution in [-0.4, -0.2) is 53.3 Å². The lowest BCUT2D eigenvalue weighted by Crippen LogP contribution is -2.69. The Hall–Kier alpha value is -2.60. The smallest absolute Gasteiger partial charge is 0.246 e. The molecule has 0 radical (unpaired) electrons. The van der Waals surface area contributed by atoms with Crippen molar-refractivity contribution in [2.24, 2.45) is 0 Å². The van der Waals surface area contributed by atoms with Gasteiger partial charge in [0.1, 0.15) is 11.3 Å². The molecule has 4 rings (SSSR count). The summed E-state index contributed by atoms with van der Waals surface area (Å²) in [4.78, 5) is 29.7. The third-order valence-electron chi connectivity index (χ3n) is 6.75. The molecule has 1 spiro atoms. The van der Waals surface area contributed by atoms with Gasteiger partial charge in [-0.2, -0.15) is 0 Å². The highest BCUT2D eigenvalue weighted by atomic mass is 16.3. The third kappa shape index (κ3) is 5.18. The van der Waals surface area contributed by atoms with Gasteiger partial charge in [-0.3, -0.25) is 9.59 Å². The Bertz CT molecular complexity index is 842. The van der Waals surface area contributed by atoms with Gasteiger partial charge < -0.3 is 19.5 Å². The van der Waals surface area contributed by atoms with Crippen molar-refractivity contribution < 1.29 is 14.0 Å². The molecule has 0 bridgehead atoms. The maximum absolute atomic E-state index is 12.9. The number of piperazine rings is 1. The number of likely N-dealkylation sites (tertiary alicyclic amines) is 1. The van der Waals surface area contributed by atoms with Crippen LogP contribution in [0.15, 0.2) is 53.1 Å². The summed E-state index contributed by atoms with van der Waals surface area (Å²) < 4.78 is 5.45. The third-order valence-corrected chi connectivity index (χ3v) is 6.75. The average molecular weight is 424 g/mol. The summed E-state index contributed by atoms with van der Waals surface area (Å²) in [5, 5.41) is 2.82. The fraction of sp³-hybridized carbons (Fsp3) is 0.520. The molecule has 166 valence electrons. The summed E-state index contributed by atoms with van der Waals surface area (Å²) in [5.41, 5.74) is 0.678. The predicted octanol–water partition coefficient (Wildman–Crippen LogP) is 3.38. The zero-order valence-electron chi connectivity index (χ0n) is 18.2. The number of nitrogens with one attached hydrogen (secondary N) is 1. The molecular weight excluding hydrogens is 390 g/mol. The number of nitrogens with zero attached hydrogens (tertiary/aromatic N) is 2. The second-order valence-corrected chi connectivity index (χ2v) is 8.76. The fourth-order valence-electron chi connectivity index (χ4n) is 4.88. The summed E-state index contributed by atoms with van der Waals surface area (Å²) in [5.74, 6) is 0.683. The number of furan rings is 1. The lowest BCUT2D eigenvalue weighted by atomic mass is 9.82. The van der Waals surface area contributed by atoms with Crippen LogP contribution in [0.2, 0.25) is 0 Å². The standard InChI is InChI=1S/C25H33N3O3/c29-23-19-26-24(30)25(28(23)20-22-12-8-18-31-22)13-16-27(17-14-25)15-7-2-1-4-9-21-10-5-3-6-11-21/h3,5-6,8,10-12,18H,1-2,4,7,9,13-17,19-20H2,(H,26,30). The number of aryl methyl sites for hydroxylation is 1. The number of carbonyl (C=O) groups excluding carboxylic acids is 2. The molecule has 6 nitrogen and oxygen atoms in total. The summed E-state index contributed by atoms with van der Waals surface area (Å²) in [7, 11) is 0. The van der Waals surface area contributed by atoms with Gasteiger partial charge in [0.2, 0.25) is 11.8 Å². The van der Waals surface area contributed by atoms with E-state index in [-0.39, 0.29) is 18.4 Å². The monoisotopic (exact) mass is 423 g/mol. The molecule has 1 aromatic carbocycles. The van der Waals surface area contributed by atoms with Gasteiger partial charge in [-0.1, -0.05) is 43.2 Å². The van der Waals surface area contributed by atoms with Crippen LogP contribution in [0.5, 0.6) is 0 Å². The zero-order valence-corrected chi connectivity index (χ0v) is 18.2. The van der Waals surface area contributed by atoms with Crippen molar-refractivity contribution in [3.05, 3.63) is 60.1 Å². The van der Waals surface area contributed by atoms with Gasteiger partial charge in [-0.15, -0.1) is 0 Å². The molecule has 2 saturated heterocycles. The van der Waals surface area contributed by atoms with Crippen LogP contribution in [0.3, 0.4) is 0 Å². The van der Waals surface area contributed by atoms with Gasteiger partial charge in [0, 0.05) is 13.1 Å². The number of unbranched alkanes of at least 4 members (excludes halogenated alkanes) is 3. The largest absolute Gasteiger partial charge is 0.467 e. The number of amides is 2. The lowest BCUT2D eigenvalue weighted by Gasteiger charge is -2.49. The van der Waals surface area contributed by atoms with E-state index >= 15 is 0 Å². The van der Waals surface area contributed by atoms with Gasteiger partial charge in [-0.25, -0.2) is 0 Å². The molecule has 2 amide bonds. The SMILES string of the molecule is O=C1CNC(=O)C2(CCN(CCCCCCc3ccccc3)CC2)N1Cc1ccco1. The van der Waals surface area contributed by atoms with E-state index in [0.29, 0.717) is 19.4 Å². The van der Waals surface area contributed by atoms with E-state index < -0.39 is 5.54 Å². The van der Waals surface area contributed by atoms with E-state index in [9.17, 15) is 9.59 Å². The van der Waals surface area contributed by atoms with Crippen LogP contribution in [-0.2, 0) is 22.6 Å². The molecule has 0 saturated carbocycles. The number of hydrogen-bond donors (Lipinski definition) is 1. The first kappa shape index (κ1) is 21.6. The molecule has 0 unspecified atom stereocenters. The van der Waals surface area contributed by atoms with E-state index in [2.05, 4.69) is 40.5 Å². The maximum atomic E-state index is 12.9. The van der Waals surface area contributed by atoms with Crippen molar-refractivity contribution in [1.82, 2.24) is 15.1 Å². The summed E-state index contributed by atoms with van der Waals surface area (Å²) in [6, 6.07) is 14.4. The Kier molecular flexibility index (Phi) is 7.07. The quantitative estimate of drug-likeness (QED) is 0.628. The van der Waals surface area contributed by atoms with Crippen LogP contribution in [0, 0.1) is 0 Å². The predicted molar refractivity (Wildman–Crippen MR) is 119 cm³/mol. The van der Waals surface area contributed by atoms with Gasteiger partial charge in [-0.05, 0) is 56.3 Å². The minimum absolute atomic E-state index is 0.0146. The molecule has 2 aliphatic heterocycles. The maximum Gasteiger partial charge on any atom is 0.246 e. The average Bonchev–Trinajstić information content (AvgIpc) is 3.32. The first-order valence-corrected chi connectivity index (χ1v) is 11.5.